The SMILES string of the molecule is COC(=O)C(F)(C(=O)OC)/C(F)=C(\F)C(F)(F)F. The van der Waals surface area contributed by atoms with Gasteiger partial charge in [0.15, 0.2) is 0 Å². The number of ether oxygens (including phenoxy) is 2. The van der Waals surface area contributed by atoms with Gasteiger partial charge in [0.1, 0.15) is 0 Å². The van der Waals surface area contributed by atoms with Gasteiger partial charge in [0.05, 0.1) is 14.2 Å². The Morgan fingerprint density at radius 1 is 0.833 bits per heavy atom. The molecular weight excluding hydrogens is 274 g/mol. The molecular formula is C8H6F6O4. The molecule has 0 saturated heterocycles. The second-order valence-electron chi connectivity index (χ2n) is 2.77. The Kier molecular flexibility index (Phi) is 4.76. The van der Waals surface area contributed by atoms with Crippen LogP contribution >= 0.6 is 0 Å². The van der Waals surface area contributed by atoms with Gasteiger partial charge in [0, 0.05) is 0 Å². The van der Waals surface area contributed by atoms with Crippen LogP contribution in [0.15, 0.2) is 11.7 Å². The fourth-order valence-electron chi connectivity index (χ4n) is 0.819. The van der Waals surface area contributed by atoms with Gasteiger partial charge in [0.2, 0.25) is 11.7 Å². The largest absolute Gasteiger partial charge is 0.466 e. The van der Waals surface area contributed by atoms with E-state index in [1.165, 1.54) is 0 Å². The van der Waals surface area contributed by atoms with E-state index in [1.807, 2.05) is 0 Å². The molecule has 0 amide bonds. The van der Waals surface area contributed by atoms with E-state index < -0.39 is 35.4 Å². The lowest BCUT2D eigenvalue weighted by Gasteiger charge is -2.18. The second-order valence-corrected chi connectivity index (χ2v) is 2.77. The molecule has 0 aromatic rings. The molecule has 0 aliphatic carbocycles. The summed E-state index contributed by atoms with van der Waals surface area (Å²) in [5.74, 6) is -11.6. The molecule has 4 nitrogen and oxygen atoms in total. The van der Waals surface area contributed by atoms with Gasteiger partial charge in [-0.15, -0.1) is 0 Å². The fraction of sp³-hybridized carbons (Fsp3) is 0.500. The highest BCUT2D eigenvalue weighted by Crippen LogP contribution is 2.37. The number of hydrogen-bond acceptors (Lipinski definition) is 4. The molecule has 10 heteroatoms. The van der Waals surface area contributed by atoms with Crippen LogP contribution in [-0.4, -0.2) is 38.0 Å². The molecule has 0 aliphatic rings. The number of methoxy groups -OCH3 is 2. The van der Waals surface area contributed by atoms with E-state index in [9.17, 15) is 35.9 Å². The molecule has 0 spiro atoms. The lowest BCUT2D eigenvalue weighted by Crippen LogP contribution is -2.46. The molecule has 0 heterocycles. The lowest BCUT2D eigenvalue weighted by atomic mass is 10.0. The molecule has 104 valence electrons. The number of allylic oxidation sites excluding steroid dienone is 1. The topological polar surface area (TPSA) is 52.6 Å². The van der Waals surface area contributed by atoms with Crippen LogP contribution in [0, 0.1) is 0 Å². The third-order valence-electron chi connectivity index (χ3n) is 1.68. The van der Waals surface area contributed by atoms with Crippen LogP contribution < -0.4 is 0 Å². The van der Waals surface area contributed by atoms with Gasteiger partial charge >= 0.3 is 23.8 Å². The molecule has 18 heavy (non-hydrogen) atoms. The summed E-state index contributed by atoms with van der Waals surface area (Å²) in [6.45, 7) is 0. The summed E-state index contributed by atoms with van der Waals surface area (Å²) in [5.41, 5.74) is -4.65. The van der Waals surface area contributed by atoms with Gasteiger partial charge in [0.25, 0.3) is 0 Å². The molecule has 0 N–H and O–H groups in total. The van der Waals surface area contributed by atoms with E-state index in [-0.39, 0.29) is 0 Å². The standard InChI is InChI=1S/C8H6F6O4/c1-17-5(15)7(11,6(16)18-2)3(9)4(10)8(12,13)14/h1-2H3/b4-3+. The predicted octanol–water partition coefficient (Wildman–Crippen LogP) is 1.75. The van der Waals surface area contributed by atoms with Crippen molar-refractivity contribution >= 4 is 11.9 Å². The number of carbonyl (C=O) groups is 2. The van der Waals surface area contributed by atoms with Crippen LogP contribution in [0.3, 0.4) is 0 Å². The van der Waals surface area contributed by atoms with Gasteiger partial charge in [-0.1, -0.05) is 0 Å². The summed E-state index contributed by atoms with van der Waals surface area (Å²) >= 11 is 0. The predicted molar refractivity (Wildman–Crippen MR) is 43.2 cm³/mol. The Bertz CT molecular complexity index is 370. The number of esters is 2. The van der Waals surface area contributed by atoms with Crippen LogP contribution in [0.4, 0.5) is 26.3 Å². The highest BCUT2D eigenvalue weighted by Gasteiger charge is 2.59. The summed E-state index contributed by atoms with van der Waals surface area (Å²) < 4.78 is 81.8. The maximum absolute atomic E-state index is 13.6. The van der Waals surface area contributed by atoms with Crippen molar-refractivity contribution in [1.29, 1.82) is 0 Å². The summed E-state index contributed by atoms with van der Waals surface area (Å²) in [5, 5.41) is 0. The number of alkyl halides is 4. The summed E-state index contributed by atoms with van der Waals surface area (Å²) in [7, 11) is 0.913. The molecule has 0 rings (SSSR count). The zero-order valence-corrected chi connectivity index (χ0v) is 8.90. The number of halogens is 6. The monoisotopic (exact) mass is 280 g/mol. The first-order valence-corrected chi connectivity index (χ1v) is 4.02. The highest BCUT2D eigenvalue weighted by molar-refractivity contribution is 6.06. The van der Waals surface area contributed by atoms with Crippen LogP contribution in [0.25, 0.3) is 0 Å². The first-order chi connectivity index (χ1) is 8.03. The fourth-order valence-corrected chi connectivity index (χ4v) is 0.819. The van der Waals surface area contributed by atoms with Crippen molar-refractivity contribution in [3.05, 3.63) is 11.7 Å². The average Bonchev–Trinajstić information content (AvgIpc) is 2.32. The molecule has 0 saturated carbocycles. The molecule has 0 aromatic heterocycles. The van der Waals surface area contributed by atoms with E-state index in [0.717, 1.165) is 0 Å². The third-order valence-corrected chi connectivity index (χ3v) is 1.68. The van der Waals surface area contributed by atoms with Crippen molar-refractivity contribution < 1.29 is 45.4 Å². The molecule has 0 unspecified atom stereocenters. The third kappa shape index (κ3) is 2.74. The molecule has 0 bridgehead atoms. The molecule has 0 aromatic carbocycles. The van der Waals surface area contributed by atoms with Crippen molar-refractivity contribution in [2.24, 2.45) is 0 Å². The Balaban J connectivity index is 5.92. The Morgan fingerprint density at radius 2 is 1.17 bits per heavy atom. The summed E-state index contributed by atoms with van der Waals surface area (Å²) in [6, 6.07) is 0. The highest BCUT2D eigenvalue weighted by atomic mass is 19.4. The van der Waals surface area contributed by atoms with Crippen LogP contribution in [0.5, 0.6) is 0 Å². The molecule has 0 radical (unpaired) electrons. The Hall–Kier alpha value is -1.74. The Labute approximate surface area is 96.1 Å². The Morgan fingerprint density at radius 3 is 1.39 bits per heavy atom. The minimum absolute atomic E-state index is 0.457. The number of carbonyl (C=O) groups excluding carboxylic acids is 2. The zero-order valence-electron chi connectivity index (χ0n) is 8.90. The molecule has 0 atom stereocenters. The van der Waals surface area contributed by atoms with E-state index in [4.69, 9.17) is 0 Å². The van der Waals surface area contributed by atoms with E-state index in [1.54, 1.807) is 0 Å². The minimum atomic E-state index is -5.91. The van der Waals surface area contributed by atoms with Crippen molar-refractivity contribution in [2.45, 2.75) is 11.8 Å². The van der Waals surface area contributed by atoms with Crippen LogP contribution in [-0.2, 0) is 19.1 Å². The first-order valence-electron chi connectivity index (χ1n) is 4.02. The lowest BCUT2D eigenvalue weighted by molar-refractivity contribution is -0.170. The smallest absolute Gasteiger partial charge is 0.445 e. The quantitative estimate of drug-likeness (QED) is 0.449. The van der Waals surface area contributed by atoms with Gasteiger partial charge in [-0.05, 0) is 0 Å². The maximum Gasteiger partial charge on any atom is 0.445 e. The van der Waals surface area contributed by atoms with Gasteiger partial charge < -0.3 is 9.47 Å². The zero-order chi connectivity index (χ0) is 14.7. The van der Waals surface area contributed by atoms with Crippen LogP contribution in [0.2, 0.25) is 0 Å². The van der Waals surface area contributed by atoms with E-state index >= 15 is 0 Å². The molecule has 0 fully saturated rings. The van der Waals surface area contributed by atoms with Crippen molar-refractivity contribution in [2.75, 3.05) is 14.2 Å². The second kappa shape index (κ2) is 5.27. The summed E-state index contributed by atoms with van der Waals surface area (Å²) in [6.07, 6.45) is -5.91. The normalized spacial score (nSPS) is 13.8. The molecule has 0 aliphatic heterocycles. The van der Waals surface area contributed by atoms with Crippen LogP contribution in [0.1, 0.15) is 0 Å². The van der Waals surface area contributed by atoms with Crippen molar-refractivity contribution in [3.8, 4) is 0 Å². The van der Waals surface area contributed by atoms with E-state index in [0.29, 0.717) is 14.2 Å². The van der Waals surface area contributed by atoms with Gasteiger partial charge in [-0.3, -0.25) is 0 Å². The number of rotatable bonds is 3. The van der Waals surface area contributed by atoms with Gasteiger partial charge in [-0.25, -0.2) is 18.4 Å². The minimum Gasteiger partial charge on any atom is -0.466 e. The number of hydrogen-bond donors (Lipinski definition) is 0. The van der Waals surface area contributed by atoms with E-state index in [2.05, 4.69) is 9.47 Å². The van der Waals surface area contributed by atoms with Gasteiger partial charge in [-0.2, -0.15) is 17.6 Å². The maximum atomic E-state index is 13.6. The summed E-state index contributed by atoms with van der Waals surface area (Å²) in [4.78, 5) is 21.6. The first kappa shape index (κ1) is 16.3. The van der Waals surface area contributed by atoms with Crippen molar-refractivity contribution in [3.63, 3.8) is 0 Å². The average molecular weight is 280 g/mol. The van der Waals surface area contributed by atoms with Crippen molar-refractivity contribution in [1.82, 2.24) is 0 Å².